The van der Waals surface area contributed by atoms with Gasteiger partial charge in [0.2, 0.25) is 11.8 Å². The molecular weight excluding hydrogens is 713 g/mol. The number of likely N-dealkylation sites (tertiary alicyclic amines) is 2. The molecular formula is C42H54N8O6. The van der Waals surface area contributed by atoms with E-state index < -0.39 is 35.1 Å². The molecule has 4 atom stereocenters. The third-order valence-corrected chi connectivity index (χ3v) is 10.7. The average molecular weight is 767 g/mol. The molecule has 0 unspecified atom stereocenters. The summed E-state index contributed by atoms with van der Waals surface area (Å²) in [6, 6.07) is 14.6. The lowest BCUT2D eigenvalue weighted by Crippen LogP contribution is -2.54. The third-order valence-electron chi connectivity index (χ3n) is 10.7. The van der Waals surface area contributed by atoms with Gasteiger partial charge in [-0.15, -0.1) is 0 Å². The molecule has 56 heavy (non-hydrogen) atoms. The molecule has 0 bridgehead atoms. The first-order valence-electron chi connectivity index (χ1n) is 19.2. The number of benzene rings is 2. The second-order valence-corrected chi connectivity index (χ2v) is 16.8. The van der Waals surface area contributed by atoms with Crippen molar-refractivity contribution >= 4 is 24.0 Å². The zero-order valence-electron chi connectivity index (χ0n) is 33.6. The van der Waals surface area contributed by atoms with E-state index >= 15 is 0 Å². The normalized spacial score (nSPS) is 18.4. The van der Waals surface area contributed by atoms with Crippen LogP contribution in [-0.2, 0) is 19.1 Å². The molecule has 2 aliphatic rings. The van der Waals surface area contributed by atoms with E-state index in [2.05, 4.69) is 79.1 Å². The summed E-state index contributed by atoms with van der Waals surface area (Å²) in [5.74, 6) is 1.13. The molecule has 4 aromatic rings. The number of imidazole rings is 2. The number of nitrogens with zero attached hydrogens (tertiary/aromatic N) is 4. The summed E-state index contributed by atoms with van der Waals surface area (Å²) in [7, 11) is 2.58. The van der Waals surface area contributed by atoms with Gasteiger partial charge < -0.3 is 39.9 Å². The number of nitrogens with one attached hydrogen (secondary N) is 4. The van der Waals surface area contributed by atoms with Crippen LogP contribution in [0.25, 0.3) is 33.6 Å². The van der Waals surface area contributed by atoms with Crippen LogP contribution in [0.3, 0.4) is 0 Å². The molecule has 4 amide bonds. The molecule has 2 fully saturated rings. The van der Waals surface area contributed by atoms with Crippen molar-refractivity contribution in [3.8, 4) is 33.6 Å². The molecule has 0 saturated carbocycles. The first-order chi connectivity index (χ1) is 26.6. The summed E-state index contributed by atoms with van der Waals surface area (Å²) < 4.78 is 9.59. The van der Waals surface area contributed by atoms with Gasteiger partial charge in [0.15, 0.2) is 0 Å². The predicted octanol–water partition coefficient (Wildman–Crippen LogP) is 7.00. The molecule has 298 valence electrons. The molecule has 0 radical (unpaired) electrons. The van der Waals surface area contributed by atoms with E-state index in [0.29, 0.717) is 13.1 Å². The minimum absolute atomic E-state index is 0.153. The molecule has 2 saturated heterocycles. The maximum Gasteiger partial charge on any atom is 0.407 e. The quantitative estimate of drug-likeness (QED) is 0.141. The zero-order valence-corrected chi connectivity index (χ0v) is 33.6. The second-order valence-electron chi connectivity index (χ2n) is 16.8. The van der Waals surface area contributed by atoms with Gasteiger partial charge in [0, 0.05) is 13.1 Å². The van der Waals surface area contributed by atoms with Gasteiger partial charge in [-0.2, -0.15) is 0 Å². The molecule has 4 heterocycles. The number of rotatable bonds is 9. The minimum Gasteiger partial charge on any atom is -0.453 e. The summed E-state index contributed by atoms with van der Waals surface area (Å²) in [5, 5.41) is 5.47. The van der Waals surface area contributed by atoms with Gasteiger partial charge in [0.25, 0.3) is 0 Å². The number of aromatic nitrogens is 4. The largest absolute Gasteiger partial charge is 0.453 e. The Morgan fingerprint density at radius 2 is 0.964 bits per heavy atom. The van der Waals surface area contributed by atoms with Crippen LogP contribution in [0.2, 0.25) is 0 Å². The summed E-state index contributed by atoms with van der Waals surface area (Å²) in [6.07, 6.45) is 5.56. The molecule has 14 nitrogen and oxygen atoms in total. The predicted molar refractivity (Wildman–Crippen MR) is 212 cm³/mol. The molecule has 6 rings (SSSR count). The summed E-state index contributed by atoms with van der Waals surface area (Å²) >= 11 is 0. The van der Waals surface area contributed by atoms with E-state index in [-0.39, 0.29) is 23.9 Å². The highest BCUT2D eigenvalue weighted by Gasteiger charge is 2.42. The Morgan fingerprint density at radius 3 is 1.29 bits per heavy atom. The Balaban J connectivity index is 1.12. The van der Waals surface area contributed by atoms with Crippen molar-refractivity contribution in [3.63, 3.8) is 0 Å². The van der Waals surface area contributed by atoms with Crippen LogP contribution in [0.1, 0.15) is 91.0 Å². The van der Waals surface area contributed by atoms with Crippen LogP contribution < -0.4 is 10.6 Å². The molecule has 2 aromatic heterocycles. The Labute approximate surface area is 328 Å². The molecule has 2 aromatic carbocycles. The van der Waals surface area contributed by atoms with E-state index in [1.165, 1.54) is 14.2 Å². The monoisotopic (exact) mass is 766 g/mol. The van der Waals surface area contributed by atoms with Crippen LogP contribution >= 0.6 is 0 Å². The van der Waals surface area contributed by atoms with Crippen LogP contribution in [0.15, 0.2) is 60.9 Å². The summed E-state index contributed by atoms with van der Waals surface area (Å²) in [5.41, 5.74) is 4.74. The van der Waals surface area contributed by atoms with E-state index in [1.807, 2.05) is 51.3 Å². The summed E-state index contributed by atoms with van der Waals surface area (Å²) in [4.78, 5) is 71.5. The lowest BCUT2D eigenvalue weighted by Gasteiger charge is -2.35. The first-order valence-corrected chi connectivity index (χ1v) is 19.2. The van der Waals surface area contributed by atoms with Gasteiger partial charge in [-0.05, 0) is 58.8 Å². The van der Waals surface area contributed by atoms with E-state index in [4.69, 9.17) is 9.47 Å². The fourth-order valence-electron chi connectivity index (χ4n) is 7.60. The van der Waals surface area contributed by atoms with Crippen molar-refractivity contribution in [1.29, 1.82) is 0 Å². The van der Waals surface area contributed by atoms with Crippen molar-refractivity contribution in [2.24, 2.45) is 10.8 Å². The molecule has 4 N–H and O–H groups in total. The molecule has 0 aliphatic carbocycles. The number of ether oxygens (including phenoxy) is 2. The highest BCUT2D eigenvalue weighted by atomic mass is 16.5. The van der Waals surface area contributed by atoms with Crippen molar-refractivity contribution in [2.75, 3.05) is 27.3 Å². The topological polar surface area (TPSA) is 175 Å². The zero-order chi connectivity index (χ0) is 40.4. The van der Waals surface area contributed by atoms with Crippen molar-refractivity contribution in [3.05, 3.63) is 72.6 Å². The highest BCUT2D eigenvalue weighted by molar-refractivity contribution is 5.88. The first kappa shape index (κ1) is 40.0. The van der Waals surface area contributed by atoms with E-state index in [1.54, 1.807) is 12.4 Å². The number of methoxy groups -OCH3 is 2. The second kappa shape index (κ2) is 16.2. The summed E-state index contributed by atoms with van der Waals surface area (Å²) in [6.45, 7) is 12.7. The van der Waals surface area contributed by atoms with Crippen LogP contribution in [0.4, 0.5) is 9.59 Å². The van der Waals surface area contributed by atoms with Gasteiger partial charge in [-0.3, -0.25) is 9.59 Å². The van der Waals surface area contributed by atoms with Gasteiger partial charge in [-0.25, -0.2) is 19.6 Å². The number of hydrogen-bond acceptors (Lipinski definition) is 8. The SMILES string of the molecule is COC(=O)N[C@H](C(=O)N1CCC[C@H]1c1ncc(-c2ccc(-c3ccc(-c4cnc([C@@H]5CCCN5C(=O)[C@@H](NC(=O)OC)C(C)(C)C)[nH]4)cc3)cc2)[nH]1)C(C)(C)C. The fraction of sp³-hybridized carbons (Fsp3) is 0.476. The highest BCUT2D eigenvalue weighted by Crippen LogP contribution is 2.36. The Bertz CT molecular complexity index is 1880. The Morgan fingerprint density at radius 1 is 0.625 bits per heavy atom. The molecule has 2 aliphatic heterocycles. The maximum atomic E-state index is 13.7. The van der Waals surface area contributed by atoms with Crippen LogP contribution in [-0.4, -0.2) is 93.1 Å². The van der Waals surface area contributed by atoms with Crippen LogP contribution in [0, 0.1) is 10.8 Å². The third kappa shape index (κ3) is 8.58. The number of carbonyl (C=O) groups excluding carboxylic acids is 4. The number of aromatic amines is 2. The lowest BCUT2D eigenvalue weighted by atomic mass is 9.85. The standard InChI is InChI=1S/C42H54N8O6/c1-41(2,3)33(47-39(53)55-7)37(51)49-21-9-11-31(49)35-43-23-29(45-35)27-17-13-25(14-18-27)26-15-19-28(20-16-26)30-24-44-36(46-30)32-12-10-22-50(32)38(52)34(42(4,5)6)48-40(54)56-8/h13-20,23-24,31-34H,9-12,21-22H2,1-8H3,(H,43,45)(H,44,46)(H,47,53)(H,48,54)/t31-,32-,33+,34+/m0/s1. The van der Waals surface area contributed by atoms with Gasteiger partial charge in [0.05, 0.1) is 50.1 Å². The van der Waals surface area contributed by atoms with Gasteiger partial charge in [-0.1, -0.05) is 90.1 Å². The number of alkyl carbamates (subject to hydrolysis) is 2. The van der Waals surface area contributed by atoms with Crippen molar-refractivity contribution < 1.29 is 28.7 Å². The minimum atomic E-state index is -0.741. The van der Waals surface area contributed by atoms with Crippen molar-refractivity contribution in [2.45, 2.75) is 91.4 Å². The number of amides is 4. The van der Waals surface area contributed by atoms with Gasteiger partial charge in [0.1, 0.15) is 23.7 Å². The Kier molecular flexibility index (Phi) is 11.6. The smallest absolute Gasteiger partial charge is 0.407 e. The number of hydrogen-bond donors (Lipinski definition) is 4. The lowest BCUT2D eigenvalue weighted by molar-refractivity contribution is -0.137. The molecule has 0 spiro atoms. The van der Waals surface area contributed by atoms with Crippen molar-refractivity contribution in [1.82, 2.24) is 40.4 Å². The molecule has 14 heteroatoms. The van der Waals surface area contributed by atoms with E-state index in [9.17, 15) is 19.2 Å². The van der Waals surface area contributed by atoms with Crippen LogP contribution in [0.5, 0.6) is 0 Å². The van der Waals surface area contributed by atoms with E-state index in [0.717, 1.165) is 71.0 Å². The fourth-order valence-corrected chi connectivity index (χ4v) is 7.60. The maximum absolute atomic E-state index is 13.7. The Hall–Kier alpha value is -5.66. The number of carbonyl (C=O) groups is 4. The average Bonchev–Trinajstić information content (AvgIpc) is 4.01. The van der Waals surface area contributed by atoms with Gasteiger partial charge >= 0.3 is 12.2 Å². The number of H-pyrrole nitrogens is 2.